The smallest absolute Gasteiger partial charge is 0.0597 e. The molecule has 5 aromatic carbocycles. The second-order valence-corrected chi connectivity index (χ2v) is 43.4. The molecule has 5 heterocycles. The first-order valence-electron chi connectivity index (χ1n) is 47.7. The summed E-state index contributed by atoms with van der Waals surface area (Å²) in [6.45, 7) is 45.5. The first-order valence-corrected chi connectivity index (χ1v) is 51.2. The van der Waals surface area contributed by atoms with Gasteiger partial charge in [0.1, 0.15) is 0 Å². The Hall–Kier alpha value is -5.09. The van der Waals surface area contributed by atoms with Gasteiger partial charge >= 0.3 is 0 Å². The monoisotopic (exact) mass is 2740 g/mol. The number of pyridine rings is 5. The van der Waals surface area contributed by atoms with Crippen molar-refractivity contribution in [2.45, 2.75) is 367 Å². The van der Waals surface area contributed by atoms with Crippen LogP contribution in [0.3, 0.4) is 0 Å². The molecule has 0 spiro atoms. The molecular formula is C113H158Ir5N5O10Si-5. The summed E-state index contributed by atoms with van der Waals surface area (Å²) < 4.78 is 0. The van der Waals surface area contributed by atoms with Crippen LogP contribution in [0.5, 0.6) is 0 Å². The molecule has 0 aliphatic heterocycles. The van der Waals surface area contributed by atoms with Gasteiger partial charge < -0.3 is 76.0 Å². The number of allylic oxidation sites excluding steroid dienone is 10. The van der Waals surface area contributed by atoms with Crippen molar-refractivity contribution in [1.29, 1.82) is 0 Å². The molecule has 0 fully saturated rings. The second kappa shape index (κ2) is 65.1. The van der Waals surface area contributed by atoms with E-state index in [4.69, 9.17) is 76.0 Å². The Morgan fingerprint density at radius 2 is 0.537 bits per heavy atom. The quantitative estimate of drug-likeness (QED) is 0.0318. The summed E-state index contributed by atoms with van der Waals surface area (Å²) in [6, 6.07) is 45.8. The third-order valence-corrected chi connectivity index (χ3v) is 24.6. The number of hydrogen-bond acceptors (Lipinski definition) is 15. The largest absolute Gasteiger partial charge is 0.393 e. The van der Waals surface area contributed by atoms with Gasteiger partial charge in [-0.05, 0) is 210 Å². The van der Waals surface area contributed by atoms with E-state index in [1.807, 2.05) is 0 Å². The molecule has 15 rings (SSSR count). The third-order valence-electron chi connectivity index (χ3n) is 22.6. The van der Waals surface area contributed by atoms with Crippen LogP contribution in [0.2, 0.25) is 19.6 Å². The van der Waals surface area contributed by atoms with Crippen LogP contribution in [0.4, 0.5) is 0 Å². The van der Waals surface area contributed by atoms with Gasteiger partial charge in [0.2, 0.25) is 0 Å². The summed E-state index contributed by atoms with van der Waals surface area (Å²) in [5, 5.41) is 93.3. The van der Waals surface area contributed by atoms with Crippen molar-refractivity contribution in [3.05, 3.63) is 231 Å². The van der Waals surface area contributed by atoms with Gasteiger partial charge in [-0.2, -0.15) is 27.9 Å². The number of benzene rings is 5. The number of fused-ring (bicyclic) bond motifs is 5. The van der Waals surface area contributed by atoms with Crippen LogP contribution in [-0.2, 0) is 101 Å². The van der Waals surface area contributed by atoms with Crippen LogP contribution >= 0.6 is 0 Å². The van der Waals surface area contributed by atoms with Gasteiger partial charge in [0.25, 0.3) is 0 Å². The Balaban J connectivity index is 0.000000763. The number of aliphatic hydroxyl groups is 10. The van der Waals surface area contributed by atoms with Crippen molar-refractivity contribution < 1.29 is 152 Å². The van der Waals surface area contributed by atoms with Gasteiger partial charge in [-0.3, -0.25) is 30.4 Å². The number of para-hydroxylation sites is 1. The van der Waals surface area contributed by atoms with E-state index < -0.39 is 8.07 Å². The Bertz CT molecular complexity index is 5200. The maximum atomic E-state index is 8.56. The van der Waals surface area contributed by atoms with Crippen LogP contribution in [0.15, 0.2) is 127 Å². The van der Waals surface area contributed by atoms with Crippen LogP contribution in [0.1, 0.15) is 304 Å². The zero-order valence-electron chi connectivity index (χ0n) is 84.2. The van der Waals surface area contributed by atoms with E-state index in [1.165, 1.54) is 174 Å². The minimum Gasteiger partial charge on any atom is -0.393 e. The summed E-state index contributed by atoms with van der Waals surface area (Å²) in [5.74, 6) is 1.14. The SMILES string of the molecule is CC(O)CC(C)O.CC(O)CC(C)O.CC(O)CC(C)O.CC(O)CC(C)O.CC(O)CC(C)O.C[Si](C)(C)c1cc2ccccc2nc1C1=[C-]CCCC1.Cc1ccc2cc(C)c(C3=[C-]C(C)CCC3)nc2c1.Cc1ccc2cc(C)c(C3=[C-]CCCC3)nc2c1.Cc1ccc2nc(C3=[C-]C(C)CCC3)c(C)cc2c1.Cc1ccc2nc(C3=[C-]CCCC3)c(C)cc2c1.[Ir].[Ir].[Ir].[Ir].[Ir]. The number of aromatic nitrogens is 5. The minimum absolute atomic E-state index is 0. The number of nitrogens with zero attached hydrogens (tertiary/aromatic N) is 5. The van der Waals surface area contributed by atoms with Gasteiger partial charge in [-0.15, -0.1) is 58.5 Å². The summed E-state index contributed by atoms with van der Waals surface area (Å²) in [7, 11) is -1.40. The average Bonchev–Trinajstić information content (AvgIpc) is 0.765. The topological polar surface area (TPSA) is 267 Å². The average molecular weight is 2740 g/mol. The molecule has 5 aromatic heterocycles. The second-order valence-electron chi connectivity index (χ2n) is 38.3. The fourth-order valence-electron chi connectivity index (χ4n) is 16.5. The molecule has 0 saturated carbocycles. The van der Waals surface area contributed by atoms with Crippen molar-refractivity contribution in [3.63, 3.8) is 0 Å². The molecule has 12 unspecified atom stereocenters. The Labute approximate surface area is 873 Å². The molecule has 134 heavy (non-hydrogen) atoms. The number of hydrogen-bond donors (Lipinski definition) is 10. The van der Waals surface area contributed by atoms with E-state index in [1.54, 1.807) is 69.2 Å². The van der Waals surface area contributed by atoms with E-state index >= 15 is 0 Å². The van der Waals surface area contributed by atoms with E-state index in [-0.39, 0.29) is 162 Å². The van der Waals surface area contributed by atoms with Crippen LogP contribution in [-0.4, -0.2) is 145 Å². The molecule has 0 bridgehead atoms. The molecule has 12 atom stereocenters. The standard InChI is InChI=1S/C18H22NSi.2C18H20N.2C17H18N.5C5H12O2.5Ir/c1-20(2,3)17-13-15-11-7-8-12-16(15)19-18(17)14-9-5-4-6-10-14;1-12-5-4-6-16(9-12)18-14(3)11-15-8-7-13(2)10-17(15)19-18;1-12-5-4-6-15(9-12)18-14(3)11-16-10-13(2)7-8-17(16)19-18;1-12-8-9-16-15(10-12)11-13(2)17(18-16)14-6-4-3-5-7-14;1-12-8-9-15-11-13(2)17(18-16(15)10-12)14-6-4-3-5-7-14;5*1-4(6)3-5(2)7;;;;;/h7-8,11-13H,4-6,9H2,1-3H3;2*7-8,10-12H,4-6H2,1-3H3;2*8-11H,3-6H2,1-2H3;5*4-7H,3H2,1-2H3;;;;;/q5*-1;;;;;;;;;;. The summed E-state index contributed by atoms with van der Waals surface area (Å²) >= 11 is 0. The maximum absolute atomic E-state index is 8.56. The summed E-state index contributed by atoms with van der Waals surface area (Å²) in [5.41, 5.74) is 28.2. The predicted molar refractivity (Wildman–Crippen MR) is 544 cm³/mol. The van der Waals surface area contributed by atoms with Gasteiger partial charge in [-0.1, -0.05) is 282 Å². The molecule has 10 aromatic rings. The first-order chi connectivity index (χ1) is 60.9. The number of rotatable bonds is 16. The minimum atomic E-state index is -1.40. The van der Waals surface area contributed by atoms with E-state index in [9.17, 15) is 0 Å². The third kappa shape index (κ3) is 46.5. The first kappa shape index (κ1) is 127. The van der Waals surface area contributed by atoms with E-state index in [0.717, 1.165) is 102 Å². The molecule has 749 valence electrons. The molecule has 15 nitrogen and oxygen atoms in total. The van der Waals surface area contributed by atoms with Gasteiger partial charge in [-0.25, -0.2) is 0 Å². The molecule has 0 saturated heterocycles. The Morgan fingerprint density at radius 1 is 0.284 bits per heavy atom. The van der Waals surface area contributed by atoms with E-state index in [0.29, 0.717) is 43.9 Å². The molecule has 21 heteroatoms. The van der Waals surface area contributed by atoms with Gasteiger partial charge in [0.15, 0.2) is 0 Å². The van der Waals surface area contributed by atoms with Crippen molar-refractivity contribution in [2.24, 2.45) is 11.8 Å². The van der Waals surface area contributed by atoms with Gasteiger partial charge in [0, 0.05) is 117 Å². The fraction of sp³-hybridized carbons (Fsp3) is 0.513. The van der Waals surface area contributed by atoms with Crippen LogP contribution in [0.25, 0.3) is 82.4 Å². The molecule has 5 radical (unpaired) electrons. The zero-order chi connectivity index (χ0) is 95.4. The molecule has 5 aliphatic rings. The number of aryl methyl sites for hydroxylation is 8. The normalized spacial score (nSPS) is 17.1. The molecule has 10 N–H and O–H groups in total. The zero-order valence-corrected chi connectivity index (χ0v) is 97.2. The van der Waals surface area contributed by atoms with Crippen LogP contribution in [0, 0.1) is 97.6 Å². The summed E-state index contributed by atoms with van der Waals surface area (Å²) in [6.07, 6.45) is 38.0. The predicted octanol–water partition coefficient (Wildman–Crippen LogP) is 24.2. The maximum Gasteiger partial charge on any atom is 0.0597 e. The fourth-order valence-corrected chi connectivity index (χ4v) is 18.0. The number of aliphatic hydroxyl groups excluding tert-OH is 10. The van der Waals surface area contributed by atoms with Crippen molar-refractivity contribution in [1.82, 2.24) is 24.9 Å². The van der Waals surface area contributed by atoms with Crippen molar-refractivity contribution in [2.75, 3.05) is 0 Å². The van der Waals surface area contributed by atoms with Crippen molar-refractivity contribution in [3.8, 4) is 0 Å². The Kier molecular flexibility index (Phi) is 61.7. The van der Waals surface area contributed by atoms with Crippen molar-refractivity contribution >= 4 is 95.6 Å². The Morgan fingerprint density at radius 3 is 0.828 bits per heavy atom. The summed E-state index contributed by atoms with van der Waals surface area (Å²) in [4.78, 5) is 24.5. The van der Waals surface area contributed by atoms with E-state index in [2.05, 4.69) is 247 Å². The molecule has 5 aliphatic carbocycles. The molecular weight excluding hydrogens is 2580 g/mol. The van der Waals surface area contributed by atoms with Crippen LogP contribution < -0.4 is 5.19 Å². The molecule has 0 amide bonds. The van der Waals surface area contributed by atoms with Gasteiger partial charge in [0.05, 0.1) is 80.1 Å².